The Morgan fingerprint density at radius 3 is 2.22 bits per heavy atom. The van der Waals surface area contributed by atoms with Crippen molar-refractivity contribution in [3.63, 3.8) is 0 Å². The lowest BCUT2D eigenvalue weighted by atomic mass is 9.94. The van der Waals surface area contributed by atoms with E-state index >= 15 is 0 Å². The highest BCUT2D eigenvalue weighted by Crippen LogP contribution is 2.31. The van der Waals surface area contributed by atoms with Crippen LogP contribution in [0.15, 0.2) is 42.5 Å². The summed E-state index contributed by atoms with van der Waals surface area (Å²) in [4.78, 5) is 0. The Bertz CT molecular complexity index is 552. The molecule has 0 radical (unpaired) electrons. The SMILES string of the molecule is Cc1ccccc1C(NN)c1cccc(C)c1Cl. The van der Waals surface area contributed by atoms with Crippen molar-refractivity contribution in [3.05, 3.63) is 69.7 Å². The first-order valence-electron chi connectivity index (χ1n) is 5.92. The molecular weight excluding hydrogens is 244 g/mol. The quantitative estimate of drug-likeness (QED) is 0.655. The van der Waals surface area contributed by atoms with Gasteiger partial charge in [0.05, 0.1) is 6.04 Å². The van der Waals surface area contributed by atoms with Gasteiger partial charge in [0.25, 0.3) is 0 Å². The molecule has 2 aromatic rings. The third kappa shape index (κ3) is 2.41. The maximum atomic E-state index is 6.37. The summed E-state index contributed by atoms with van der Waals surface area (Å²) in [6.07, 6.45) is 0. The normalized spacial score (nSPS) is 12.4. The second-order valence-corrected chi connectivity index (χ2v) is 4.81. The molecule has 18 heavy (non-hydrogen) atoms. The second-order valence-electron chi connectivity index (χ2n) is 4.43. The van der Waals surface area contributed by atoms with Crippen LogP contribution in [0.1, 0.15) is 28.3 Å². The van der Waals surface area contributed by atoms with E-state index in [1.165, 1.54) is 5.56 Å². The predicted octanol–water partition coefficient (Wildman–Crippen LogP) is 3.51. The molecule has 1 unspecified atom stereocenters. The van der Waals surface area contributed by atoms with Crippen LogP contribution in [0.25, 0.3) is 0 Å². The summed E-state index contributed by atoms with van der Waals surface area (Å²) < 4.78 is 0. The van der Waals surface area contributed by atoms with Gasteiger partial charge in [-0.25, -0.2) is 5.43 Å². The first-order valence-corrected chi connectivity index (χ1v) is 6.29. The highest BCUT2D eigenvalue weighted by atomic mass is 35.5. The highest BCUT2D eigenvalue weighted by molar-refractivity contribution is 6.32. The van der Waals surface area contributed by atoms with E-state index in [0.717, 1.165) is 21.7 Å². The molecular formula is C15H17ClN2. The minimum Gasteiger partial charge on any atom is -0.271 e. The van der Waals surface area contributed by atoms with Gasteiger partial charge in [-0.1, -0.05) is 54.1 Å². The standard InChI is InChI=1S/C15H17ClN2/c1-10-6-3-4-8-12(10)15(18-17)13-9-5-7-11(2)14(13)16/h3-9,15,18H,17H2,1-2H3. The van der Waals surface area contributed by atoms with E-state index in [4.69, 9.17) is 17.4 Å². The average Bonchev–Trinajstić information content (AvgIpc) is 2.37. The van der Waals surface area contributed by atoms with Crippen LogP contribution in [-0.4, -0.2) is 0 Å². The molecule has 2 nitrogen and oxygen atoms in total. The Morgan fingerprint density at radius 2 is 1.56 bits per heavy atom. The Morgan fingerprint density at radius 1 is 0.944 bits per heavy atom. The average molecular weight is 261 g/mol. The van der Waals surface area contributed by atoms with Gasteiger partial charge in [0.2, 0.25) is 0 Å². The van der Waals surface area contributed by atoms with Crippen LogP contribution < -0.4 is 11.3 Å². The molecule has 0 aliphatic rings. The summed E-state index contributed by atoms with van der Waals surface area (Å²) in [5.41, 5.74) is 7.26. The molecule has 0 fully saturated rings. The third-order valence-corrected chi connectivity index (χ3v) is 3.72. The van der Waals surface area contributed by atoms with Crippen molar-refractivity contribution in [2.24, 2.45) is 5.84 Å². The lowest BCUT2D eigenvalue weighted by molar-refractivity contribution is 0.633. The second kappa shape index (κ2) is 5.53. The van der Waals surface area contributed by atoms with E-state index in [9.17, 15) is 0 Å². The first kappa shape index (κ1) is 13.1. The molecule has 0 aliphatic heterocycles. The largest absolute Gasteiger partial charge is 0.271 e. The molecule has 2 aromatic carbocycles. The van der Waals surface area contributed by atoms with Crippen molar-refractivity contribution in [1.29, 1.82) is 0 Å². The third-order valence-electron chi connectivity index (χ3n) is 3.20. The van der Waals surface area contributed by atoms with Crippen molar-refractivity contribution in [2.45, 2.75) is 19.9 Å². The first-order chi connectivity index (χ1) is 8.65. The molecule has 0 heterocycles. The van der Waals surface area contributed by atoms with Gasteiger partial charge in [0, 0.05) is 5.02 Å². The lowest BCUT2D eigenvalue weighted by Crippen LogP contribution is -2.29. The number of hydrogen-bond acceptors (Lipinski definition) is 2. The molecule has 94 valence electrons. The van der Waals surface area contributed by atoms with Crippen molar-refractivity contribution in [2.75, 3.05) is 0 Å². The van der Waals surface area contributed by atoms with E-state index in [0.29, 0.717) is 0 Å². The summed E-state index contributed by atoms with van der Waals surface area (Å²) >= 11 is 6.37. The van der Waals surface area contributed by atoms with Crippen molar-refractivity contribution in [1.82, 2.24) is 5.43 Å². The van der Waals surface area contributed by atoms with Gasteiger partial charge >= 0.3 is 0 Å². The van der Waals surface area contributed by atoms with Crippen LogP contribution in [0.2, 0.25) is 5.02 Å². The summed E-state index contributed by atoms with van der Waals surface area (Å²) in [5, 5.41) is 0.767. The molecule has 0 bridgehead atoms. The van der Waals surface area contributed by atoms with Crippen LogP contribution >= 0.6 is 11.6 Å². The van der Waals surface area contributed by atoms with Crippen LogP contribution in [0, 0.1) is 13.8 Å². The smallest absolute Gasteiger partial charge is 0.0727 e. The zero-order chi connectivity index (χ0) is 13.1. The van der Waals surface area contributed by atoms with Gasteiger partial charge in [-0.3, -0.25) is 5.84 Å². The number of aryl methyl sites for hydroxylation is 2. The molecule has 1 atom stereocenters. The monoisotopic (exact) mass is 260 g/mol. The Balaban J connectivity index is 2.53. The molecule has 0 aliphatic carbocycles. The number of benzene rings is 2. The number of nitrogens with one attached hydrogen (secondary N) is 1. The maximum absolute atomic E-state index is 6.37. The summed E-state index contributed by atoms with van der Waals surface area (Å²) in [6.45, 7) is 4.07. The zero-order valence-electron chi connectivity index (χ0n) is 10.6. The summed E-state index contributed by atoms with van der Waals surface area (Å²) in [6, 6.07) is 14.1. The molecule has 2 rings (SSSR count). The van der Waals surface area contributed by atoms with E-state index in [2.05, 4.69) is 24.5 Å². The molecule has 0 saturated carbocycles. The topological polar surface area (TPSA) is 38.0 Å². The van der Waals surface area contributed by atoms with E-state index in [1.807, 2.05) is 37.3 Å². The fraction of sp³-hybridized carbons (Fsp3) is 0.200. The molecule has 0 spiro atoms. The van der Waals surface area contributed by atoms with Crippen LogP contribution in [0.3, 0.4) is 0 Å². The fourth-order valence-electron chi connectivity index (χ4n) is 2.15. The molecule has 3 N–H and O–H groups in total. The molecule has 0 amide bonds. The van der Waals surface area contributed by atoms with Crippen molar-refractivity contribution in [3.8, 4) is 0 Å². The highest BCUT2D eigenvalue weighted by Gasteiger charge is 2.17. The Kier molecular flexibility index (Phi) is 4.02. The number of rotatable bonds is 3. The van der Waals surface area contributed by atoms with Crippen LogP contribution in [0.4, 0.5) is 0 Å². The fourth-order valence-corrected chi connectivity index (χ4v) is 2.39. The van der Waals surface area contributed by atoms with Gasteiger partial charge in [0.15, 0.2) is 0 Å². The predicted molar refractivity (Wildman–Crippen MR) is 76.5 cm³/mol. The summed E-state index contributed by atoms with van der Waals surface area (Å²) in [5.74, 6) is 5.72. The molecule has 0 saturated heterocycles. The van der Waals surface area contributed by atoms with Crippen LogP contribution in [-0.2, 0) is 0 Å². The van der Waals surface area contributed by atoms with Crippen LogP contribution in [0.5, 0.6) is 0 Å². The Labute approximate surface area is 113 Å². The van der Waals surface area contributed by atoms with Gasteiger partial charge in [-0.05, 0) is 36.1 Å². The minimum atomic E-state index is -0.0846. The van der Waals surface area contributed by atoms with E-state index < -0.39 is 0 Å². The number of hydrazine groups is 1. The number of nitrogens with two attached hydrogens (primary N) is 1. The minimum absolute atomic E-state index is 0.0846. The van der Waals surface area contributed by atoms with Gasteiger partial charge < -0.3 is 0 Å². The molecule has 3 heteroatoms. The summed E-state index contributed by atoms with van der Waals surface area (Å²) in [7, 11) is 0. The van der Waals surface area contributed by atoms with Gasteiger partial charge in [0.1, 0.15) is 0 Å². The van der Waals surface area contributed by atoms with E-state index in [-0.39, 0.29) is 6.04 Å². The lowest BCUT2D eigenvalue weighted by Gasteiger charge is -2.20. The van der Waals surface area contributed by atoms with Crippen molar-refractivity contribution < 1.29 is 0 Å². The number of halogens is 1. The van der Waals surface area contributed by atoms with Gasteiger partial charge in [-0.2, -0.15) is 0 Å². The number of hydrogen-bond donors (Lipinski definition) is 2. The van der Waals surface area contributed by atoms with Gasteiger partial charge in [-0.15, -0.1) is 0 Å². The Hall–Kier alpha value is -1.35. The zero-order valence-corrected chi connectivity index (χ0v) is 11.3. The van der Waals surface area contributed by atoms with Crippen molar-refractivity contribution >= 4 is 11.6 Å². The molecule has 0 aromatic heterocycles. The van der Waals surface area contributed by atoms with E-state index in [1.54, 1.807) is 0 Å². The maximum Gasteiger partial charge on any atom is 0.0727 e.